The van der Waals surface area contributed by atoms with Gasteiger partial charge in [-0.25, -0.2) is 4.57 Å². The molecule has 0 aliphatic carbocycles. The normalized spacial score (nSPS) is 9.22. The molecule has 0 radical (unpaired) electrons. The van der Waals surface area contributed by atoms with Crippen LogP contribution in [-0.4, -0.2) is 41.0 Å². The van der Waals surface area contributed by atoms with Gasteiger partial charge in [0, 0.05) is 0 Å². The zero-order valence-electron chi connectivity index (χ0n) is 9.91. The van der Waals surface area contributed by atoms with Crippen LogP contribution >= 0.6 is 15.6 Å². The minimum absolute atomic E-state index is 0. The van der Waals surface area contributed by atoms with Crippen LogP contribution < -0.4 is 76.4 Å². The van der Waals surface area contributed by atoms with Crippen molar-refractivity contribution in [2.24, 2.45) is 0 Å². The van der Waals surface area contributed by atoms with E-state index in [2.05, 4.69) is 0 Å². The number of aliphatic hydroxyl groups is 2. The van der Waals surface area contributed by atoms with Gasteiger partial charge in [0.25, 0.3) is 7.82 Å². The van der Waals surface area contributed by atoms with Crippen molar-refractivity contribution in [2.45, 2.75) is 19.6 Å². The van der Waals surface area contributed by atoms with E-state index in [1.807, 2.05) is 0 Å². The average Bonchev–Trinajstić information content (AvgIpc) is 1.79. The molecule has 0 bridgehead atoms. The standard InChI is InChI=1S/C3H8O2.ClH.2Na.2H3O4P/c1-2-3(4)5;;;;2*1-5(2,3)4/h3-5H,2H2,1H3;1H;;;2*(H3,1,2,3,4)/q;;2*+1;;/p-2. The molecule has 0 amide bonds. The van der Waals surface area contributed by atoms with E-state index in [-0.39, 0.29) is 71.5 Å². The van der Waals surface area contributed by atoms with Crippen molar-refractivity contribution in [3.05, 3.63) is 0 Å². The van der Waals surface area contributed by atoms with Crippen LogP contribution in [0.25, 0.3) is 0 Å². The summed E-state index contributed by atoms with van der Waals surface area (Å²) in [6.07, 6.45) is -0.699. The molecule has 7 N–H and O–H groups in total. The van der Waals surface area contributed by atoms with Crippen LogP contribution in [0, 0.1) is 0 Å². The molecule has 0 aliphatic heterocycles. The predicted octanol–water partition coefficient (Wildman–Crippen LogP) is -11.8. The Bertz CT molecular complexity index is 191. The van der Waals surface area contributed by atoms with Crippen molar-refractivity contribution in [1.82, 2.24) is 0 Å². The molecule has 0 aromatic carbocycles. The molecule has 0 aliphatic rings. The Morgan fingerprint density at radius 1 is 1.00 bits per heavy atom. The second-order valence-corrected chi connectivity index (χ2v) is 3.90. The fraction of sp³-hybridized carbons (Fsp3) is 1.00. The molecule has 104 valence electrons. The van der Waals surface area contributed by atoms with Crippen molar-refractivity contribution in [1.29, 1.82) is 0 Å². The number of halogens is 1. The Balaban J connectivity index is -0.0000000277. The van der Waals surface area contributed by atoms with E-state index < -0.39 is 21.9 Å². The van der Waals surface area contributed by atoms with Crippen molar-refractivity contribution in [2.75, 3.05) is 0 Å². The summed E-state index contributed by atoms with van der Waals surface area (Å²) in [5.74, 6) is 0. The van der Waals surface area contributed by atoms with Gasteiger partial charge in [-0.15, -0.1) is 0 Å². The Hall–Kier alpha value is 2.43. The van der Waals surface area contributed by atoms with Gasteiger partial charge in [-0.3, -0.25) is 4.57 Å². The Morgan fingerprint density at radius 3 is 1.06 bits per heavy atom. The fourth-order valence-corrected chi connectivity index (χ4v) is 0. The molecule has 0 atom stereocenters. The summed E-state index contributed by atoms with van der Waals surface area (Å²) in [4.78, 5) is 44.5. The van der Waals surface area contributed by atoms with Gasteiger partial charge >= 0.3 is 66.9 Å². The van der Waals surface area contributed by atoms with E-state index in [1.54, 1.807) is 6.92 Å². The number of aliphatic hydroxyl groups excluding tert-OH is 1. The molecule has 0 aromatic heterocycles. The predicted molar refractivity (Wildman–Crippen MR) is 44.8 cm³/mol. The molecular weight excluding hydrogens is 339 g/mol. The number of rotatable bonds is 1. The molecule has 0 heterocycles. The van der Waals surface area contributed by atoms with Crippen molar-refractivity contribution >= 4 is 15.6 Å². The maximum absolute atomic E-state index is 8.88. The summed E-state index contributed by atoms with van der Waals surface area (Å²) in [7, 11) is -9.53. The van der Waals surface area contributed by atoms with E-state index in [0.29, 0.717) is 6.42 Å². The van der Waals surface area contributed by atoms with Crippen LogP contribution in [0.4, 0.5) is 0 Å². The molecule has 0 rings (SSSR count). The molecular formula is C3H13ClNa2O10P2. The molecule has 0 unspecified atom stereocenters. The molecule has 0 aromatic rings. The second kappa shape index (κ2) is 19.4. The minimum atomic E-state index is -4.89. The van der Waals surface area contributed by atoms with Crippen molar-refractivity contribution in [3.63, 3.8) is 0 Å². The first-order valence-corrected chi connectivity index (χ1v) is 6.27. The Morgan fingerprint density at radius 2 is 1.06 bits per heavy atom. The van der Waals surface area contributed by atoms with Gasteiger partial charge in [-0.2, -0.15) is 0 Å². The number of phosphoric acid groups is 2. The molecule has 0 fully saturated rings. The van der Waals surface area contributed by atoms with Gasteiger partial charge < -0.3 is 52.0 Å². The van der Waals surface area contributed by atoms with E-state index in [4.69, 9.17) is 48.7 Å². The zero-order chi connectivity index (χ0) is 13.3. The van der Waals surface area contributed by atoms with Gasteiger partial charge in [0.05, 0.1) is 0 Å². The molecule has 15 heteroatoms. The molecule has 0 spiro atoms. The van der Waals surface area contributed by atoms with Crippen LogP contribution in [0.2, 0.25) is 0 Å². The number of hydrogen-bond donors (Lipinski definition) is 7. The van der Waals surface area contributed by atoms with E-state index in [1.165, 1.54) is 0 Å². The zero-order valence-corrected chi connectivity index (χ0v) is 16.5. The second-order valence-electron chi connectivity index (χ2n) is 1.89. The summed E-state index contributed by atoms with van der Waals surface area (Å²) in [5, 5.41) is 15.8. The third-order valence-electron chi connectivity index (χ3n) is 0.365. The third-order valence-corrected chi connectivity index (χ3v) is 0.365. The monoisotopic (exact) mass is 352 g/mol. The van der Waals surface area contributed by atoms with Gasteiger partial charge in [0.1, 0.15) is 0 Å². The smallest absolute Gasteiger partial charge is 1.00 e. The van der Waals surface area contributed by atoms with Crippen molar-refractivity contribution < 1.29 is 120 Å². The summed E-state index contributed by atoms with van der Waals surface area (Å²) in [5.41, 5.74) is 0. The maximum Gasteiger partial charge on any atom is 1.00 e. The van der Waals surface area contributed by atoms with E-state index >= 15 is 0 Å². The van der Waals surface area contributed by atoms with Gasteiger partial charge in [0.2, 0.25) is 0 Å². The van der Waals surface area contributed by atoms with E-state index in [9.17, 15) is 0 Å². The van der Waals surface area contributed by atoms with E-state index in [0.717, 1.165) is 0 Å². The molecule has 0 saturated heterocycles. The largest absolute Gasteiger partial charge is 1.00 e. The molecule has 10 nitrogen and oxygen atoms in total. The first kappa shape index (κ1) is 37.0. The summed E-state index contributed by atoms with van der Waals surface area (Å²) < 4.78 is 17.7. The van der Waals surface area contributed by atoms with Gasteiger partial charge in [-0.05, 0) is 6.42 Å². The Kier molecular flexibility index (Phi) is 40.0. The fourth-order valence-electron chi connectivity index (χ4n) is 0. The summed E-state index contributed by atoms with van der Waals surface area (Å²) in [6.45, 7) is 1.70. The topological polar surface area (TPSA) is 199 Å². The summed E-state index contributed by atoms with van der Waals surface area (Å²) in [6, 6.07) is 0. The number of hydrogen-bond acceptors (Lipinski definition) is 5. The van der Waals surface area contributed by atoms with Crippen LogP contribution in [0.1, 0.15) is 13.3 Å². The van der Waals surface area contributed by atoms with Gasteiger partial charge in [-0.1, -0.05) is 6.92 Å². The van der Waals surface area contributed by atoms with Crippen LogP contribution in [-0.2, 0) is 9.13 Å². The average molecular weight is 353 g/mol. The molecule has 18 heavy (non-hydrogen) atoms. The first-order chi connectivity index (χ1) is 6.27. The van der Waals surface area contributed by atoms with Gasteiger partial charge in [0.15, 0.2) is 6.29 Å². The third kappa shape index (κ3) is 285. The first-order valence-electron chi connectivity index (χ1n) is 3.18. The Labute approximate surface area is 154 Å². The SMILES string of the molecule is CCC(O)O.O=P(O)(O)O.O=P([O-])(O)O.[Cl-].[Na+].[Na+]. The maximum atomic E-state index is 8.88. The molecule has 0 saturated carbocycles. The summed E-state index contributed by atoms with van der Waals surface area (Å²) >= 11 is 0. The van der Waals surface area contributed by atoms with Crippen LogP contribution in [0.5, 0.6) is 0 Å². The van der Waals surface area contributed by atoms with Crippen LogP contribution in [0.15, 0.2) is 0 Å². The van der Waals surface area contributed by atoms with Crippen LogP contribution in [0.3, 0.4) is 0 Å². The quantitative estimate of drug-likeness (QED) is 0.135. The minimum Gasteiger partial charge on any atom is -1.00 e. The van der Waals surface area contributed by atoms with Crippen molar-refractivity contribution in [3.8, 4) is 0 Å².